The smallest absolute Gasteiger partial charge is 0.394 e. The summed E-state index contributed by atoms with van der Waals surface area (Å²) >= 11 is 0. The number of nitrogens with two attached hydrogens (primary N) is 1. The standard InChI is InChI=1S/C10H12F3N3O5/c11-10(12,13)21-7-6(18)4(3-17)20-8(7)16-2-1-5(14)15-9(16)19/h1-2,4,6-8,17-18H,3H2,(H2,14,15,19)/t4-,6+,7?,8-/m1/s1. The summed E-state index contributed by atoms with van der Waals surface area (Å²) in [6.07, 6.45) is -10.6. The van der Waals surface area contributed by atoms with Crippen LogP contribution in [0.25, 0.3) is 0 Å². The van der Waals surface area contributed by atoms with Gasteiger partial charge in [-0.1, -0.05) is 0 Å². The highest BCUT2D eigenvalue weighted by Gasteiger charge is 2.50. The van der Waals surface area contributed by atoms with Gasteiger partial charge < -0.3 is 20.7 Å². The second-order valence-electron chi connectivity index (χ2n) is 4.31. The summed E-state index contributed by atoms with van der Waals surface area (Å²) in [7, 11) is 0. The maximum absolute atomic E-state index is 12.4. The van der Waals surface area contributed by atoms with E-state index in [0.717, 1.165) is 6.20 Å². The monoisotopic (exact) mass is 311 g/mol. The third-order valence-corrected chi connectivity index (χ3v) is 2.89. The molecule has 2 heterocycles. The first-order valence-electron chi connectivity index (χ1n) is 5.76. The fourth-order valence-electron chi connectivity index (χ4n) is 1.99. The van der Waals surface area contributed by atoms with Crippen molar-refractivity contribution < 1.29 is 32.9 Å². The molecule has 11 heteroatoms. The first-order chi connectivity index (χ1) is 9.73. The van der Waals surface area contributed by atoms with Gasteiger partial charge in [-0.15, -0.1) is 13.2 Å². The SMILES string of the molecule is Nc1ccn([C@@H]2O[C@H](CO)[C@H](O)C2OC(F)(F)F)c(=O)n1. The molecule has 21 heavy (non-hydrogen) atoms. The van der Waals surface area contributed by atoms with E-state index in [1.54, 1.807) is 0 Å². The highest BCUT2D eigenvalue weighted by Crippen LogP contribution is 2.34. The number of aliphatic hydroxyl groups is 2. The van der Waals surface area contributed by atoms with Crippen molar-refractivity contribution in [2.45, 2.75) is 30.9 Å². The molecule has 0 saturated carbocycles. The molecular formula is C10H12F3N3O5. The largest absolute Gasteiger partial charge is 0.523 e. The van der Waals surface area contributed by atoms with Crippen LogP contribution in [0.4, 0.5) is 19.0 Å². The molecule has 118 valence electrons. The number of aliphatic hydroxyl groups excluding tert-OH is 2. The summed E-state index contributed by atoms with van der Waals surface area (Å²) in [5.41, 5.74) is 4.31. The Morgan fingerprint density at radius 3 is 2.71 bits per heavy atom. The number of anilines is 1. The first kappa shape index (κ1) is 15.7. The minimum absolute atomic E-state index is 0.123. The van der Waals surface area contributed by atoms with Gasteiger partial charge in [0.25, 0.3) is 0 Å². The van der Waals surface area contributed by atoms with Crippen molar-refractivity contribution in [2.24, 2.45) is 0 Å². The van der Waals surface area contributed by atoms with E-state index in [1.807, 2.05) is 0 Å². The van der Waals surface area contributed by atoms with Crippen LogP contribution in [0.1, 0.15) is 6.23 Å². The van der Waals surface area contributed by atoms with Crippen LogP contribution in [0.3, 0.4) is 0 Å². The van der Waals surface area contributed by atoms with Gasteiger partial charge in [-0.05, 0) is 6.07 Å². The number of nitrogens with zero attached hydrogens (tertiary/aromatic N) is 2. The van der Waals surface area contributed by atoms with Gasteiger partial charge in [0, 0.05) is 6.20 Å². The van der Waals surface area contributed by atoms with Crippen LogP contribution in [0.2, 0.25) is 0 Å². The van der Waals surface area contributed by atoms with Crippen molar-refractivity contribution in [3.63, 3.8) is 0 Å². The molecule has 8 nitrogen and oxygen atoms in total. The van der Waals surface area contributed by atoms with Crippen molar-refractivity contribution >= 4 is 5.82 Å². The summed E-state index contributed by atoms with van der Waals surface area (Å²) in [5.74, 6) is -0.123. The Morgan fingerprint density at radius 2 is 2.19 bits per heavy atom. The van der Waals surface area contributed by atoms with Gasteiger partial charge in [-0.2, -0.15) is 4.98 Å². The van der Waals surface area contributed by atoms with Crippen LogP contribution in [0.5, 0.6) is 0 Å². The van der Waals surface area contributed by atoms with E-state index in [-0.39, 0.29) is 5.82 Å². The first-order valence-corrected chi connectivity index (χ1v) is 5.76. The van der Waals surface area contributed by atoms with Crippen molar-refractivity contribution in [3.05, 3.63) is 22.7 Å². The van der Waals surface area contributed by atoms with Crippen molar-refractivity contribution in [1.82, 2.24) is 9.55 Å². The minimum atomic E-state index is -5.05. The predicted octanol–water partition coefficient (Wildman–Crippen LogP) is -1.02. The van der Waals surface area contributed by atoms with Crippen LogP contribution in [0.15, 0.2) is 17.1 Å². The maximum atomic E-state index is 12.4. The van der Waals surface area contributed by atoms with Gasteiger partial charge >= 0.3 is 12.1 Å². The zero-order valence-corrected chi connectivity index (χ0v) is 10.4. The van der Waals surface area contributed by atoms with Crippen LogP contribution >= 0.6 is 0 Å². The highest BCUT2D eigenvalue weighted by atomic mass is 19.4. The lowest BCUT2D eigenvalue weighted by atomic mass is 10.1. The molecule has 1 fully saturated rings. The average molecular weight is 311 g/mol. The third kappa shape index (κ3) is 3.32. The Morgan fingerprint density at radius 1 is 1.52 bits per heavy atom. The van der Waals surface area contributed by atoms with E-state index < -0.39 is 43.2 Å². The van der Waals surface area contributed by atoms with Gasteiger partial charge in [0.1, 0.15) is 24.1 Å². The molecule has 0 bridgehead atoms. The Kier molecular flexibility index (Phi) is 4.18. The van der Waals surface area contributed by atoms with E-state index >= 15 is 0 Å². The number of aromatic nitrogens is 2. The normalized spacial score (nSPS) is 29.8. The van der Waals surface area contributed by atoms with Crippen LogP contribution < -0.4 is 11.4 Å². The van der Waals surface area contributed by atoms with Gasteiger partial charge in [-0.25, -0.2) is 4.79 Å². The number of halogens is 3. The molecule has 0 amide bonds. The van der Waals surface area contributed by atoms with E-state index in [1.165, 1.54) is 6.07 Å². The van der Waals surface area contributed by atoms with E-state index in [2.05, 4.69) is 9.72 Å². The molecule has 0 aliphatic carbocycles. The number of hydrogen-bond acceptors (Lipinski definition) is 7. The molecule has 1 aromatic heterocycles. The van der Waals surface area contributed by atoms with E-state index in [9.17, 15) is 23.1 Å². The Balaban J connectivity index is 2.36. The maximum Gasteiger partial charge on any atom is 0.523 e. The number of ether oxygens (including phenoxy) is 2. The second-order valence-corrected chi connectivity index (χ2v) is 4.31. The molecule has 4 N–H and O–H groups in total. The summed E-state index contributed by atoms with van der Waals surface area (Å²) < 4.78 is 46.7. The Labute approximate surface area is 115 Å². The Bertz CT molecular complexity index is 564. The summed E-state index contributed by atoms with van der Waals surface area (Å²) in [5, 5.41) is 18.7. The van der Waals surface area contributed by atoms with Crippen molar-refractivity contribution in [3.8, 4) is 0 Å². The van der Waals surface area contributed by atoms with Gasteiger partial charge in [0.15, 0.2) is 6.23 Å². The lowest BCUT2D eigenvalue weighted by Gasteiger charge is -2.23. The number of alkyl halides is 3. The van der Waals surface area contributed by atoms with Crippen molar-refractivity contribution in [2.75, 3.05) is 12.3 Å². The quantitative estimate of drug-likeness (QED) is 0.653. The molecule has 0 radical (unpaired) electrons. The molecule has 4 atom stereocenters. The lowest BCUT2D eigenvalue weighted by Crippen LogP contribution is -2.41. The van der Waals surface area contributed by atoms with Crippen LogP contribution in [-0.4, -0.2) is 51.0 Å². The zero-order valence-electron chi connectivity index (χ0n) is 10.4. The van der Waals surface area contributed by atoms with Crippen molar-refractivity contribution in [1.29, 1.82) is 0 Å². The number of nitrogen functional groups attached to an aromatic ring is 1. The topological polar surface area (TPSA) is 120 Å². The minimum Gasteiger partial charge on any atom is -0.394 e. The molecule has 0 aromatic carbocycles. The van der Waals surface area contributed by atoms with Gasteiger partial charge in [-0.3, -0.25) is 9.30 Å². The predicted molar refractivity (Wildman–Crippen MR) is 60.8 cm³/mol. The van der Waals surface area contributed by atoms with Gasteiger partial charge in [0.2, 0.25) is 0 Å². The zero-order chi connectivity index (χ0) is 15.8. The van der Waals surface area contributed by atoms with E-state index in [4.69, 9.17) is 15.6 Å². The molecule has 0 spiro atoms. The molecule has 1 saturated heterocycles. The lowest BCUT2D eigenvalue weighted by molar-refractivity contribution is -0.355. The molecule has 1 unspecified atom stereocenters. The molecule has 1 aliphatic heterocycles. The summed E-state index contributed by atoms with van der Waals surface area (Å²) in [6.45, 7) is -0.744. The van der Waals surface area contributed by atoms with E-state index in [0.29, 0.717) is 4.57 Å². The second kappa shape index (κ2) is 5.60. The van der Waals surface area contributed by atoms with Crippen LogP contribution in [-0.2, 0) is 9.47 Å². The summed E-state index contributed by atoms with van der Waals surface area (Å²) in [6, 6.07) is 1.17. The van der Waals surface area contributed by atoms with Gasteiger partial charge in [0.05, 0.1) is 6.61 Å². The number of rotatable bonds is 3. The molecule has 2 rings (SSSR count). The van der Waals surface area contributed by atoms with Crippen LogP contribution in [0, 0.1) is 0 Å². The third-order valence-electron chi connectivity index (χ3n) is 2.89. The molecule has 1 aromatic rings. The fraction of sp³-hybridized carbons (Fsp3) is 0.600. The number of hydrogen-bond donors (Lipinski definition) is 3. The summed E-state index contributed by atoms with van der Waals surface area (Å²) in [4.78, 5) is 15.0. The average Bonchev–Trinajstić information content (AvgIpc) is 2.65. The molecular weight excluding hydrogens is 299 g/mol. The fourth-order valence-corrected chi connectivity index (χ4v) is 1.99. The highest BCUT2D eigenvalue weighted by molar-refractivity contribution is 5.23. The Hall–Kier alpha value is -1.69. The molecule has 1 aliphatic rings.